The van der Waals surface area contributed by atoms with E-state index < -0.39 is 17.3 Å². The molecule has 2 aliphatic carbocycles. The number of benzene rings is 2. The molecule has 26 heavy (non-hydrogen) atoms. The van der Waals surface area contributed by atoms with Gasteiger partial charge in [-0.2, -0.15) is 0 Å². The molecule has 4 rings (SSSR count). The lowest BCUT2D eigenvalue weighted by Crippen LogP contribution is -2.28. The summed E-state index contributed by atoms with van der Waals surface area (Å²) in [6.45, 7) is 1.47. The van der Waals surface area contributed by atoms with Crippen LogP contribution in [0.1, 0.15) is 48.4 Å². The number of halogens is 1. The summed E-state index contributed by atoms with van der Waals surface area (Å²) in [4.78, 5) is 51.3. The fraction of sp³-hybridized carbons (Fsp3) is 0.0476. The van der Waals surface area contributed by atoms with Gasteiger partial charge in [0.05, 0.1) is 5.57 Å². The Morgan fingerprint density at radius 3 is 1.46 bits per heavy atom. The molecule has 126 valence electrons. The zero-order chi connectivity index (χ0) is 18.6. The van der Waals surface area contributed by atoms with Crippen molar-refractivity contribution < 1.29 is 19.2 Å². The molecule has 0 saturated heterocycles. The molecule has 0 saturated carbocycles. The highest BCUT2D eigenvalue weighted by molar-refractivity contribution is 6.52. The third-order valence-electron chi connectivity index (χ3n) is 4.67. The van der Waals surface area contributed by atoms with Crippen LogP contribution in [0.2, 0.25) is 0 Å². The van der Waals surface area contributed by atoms with Crippen molar-refractivity contribution in [3.63, 3.8) is 0 Å². The highest BCUT2D eigenvalue weighted by atomic mass is 35.5. The monoisotopic (exact) mass is 362 g/mol. The summed E-state index contributed by atoms with van der Waals surface area (Å²) >= 11 is 6.21. The van der Waals surface area contributed by atoms with Gasteiger partial charge in [0.1, 0.15) is 5.03 Å². The molecule has 0 fully saturated rings. The minimum absolute atomic E-state index is 0.0912. The Labute approximate surface area is 153 Å². The number of ketones is 4. The first-order chi connectivity index (χ1) is 12.4. The van der Waals surface area contributed by atoms with E-state index in [1.165, 1.54) is 25.1 Å². The topological polar surface area (TPSA) is 68.3 Å². The Bertz CT molecular complexity index is 1030. The second kappa shape index (κ2) is 5.71. The second-order valence-corrected chi connectivity index (χ2v) is 6.47. The highest BCUT2D eigenvalue weighted by Crippen LogP contribution is 2.38. The van der Waals surface area contributed by atoms with Gasteiger partial charge < -0.3 is 0 Å². The number of fused-ring (bicyclic) bond motifs is 2. The molecule has 5 heteroatoms. The van der Waals surface area contributed by atoms with Gasteiger partial charge in [-0.05, 0) is 6.92 Å². The number of hydrogen-bond donors (Lipinski definition) is 0. The van der Waals surface area contributed by atoms with Crippen LogP contribution in [0.15, 0.2) is 70.3 Å². The van der Waals surface area contributed by atoms with Gasteiger partial charge in [0.15, 0.2) is 17.3 Å². The molecule has 0 bridgehead atoms. The predicted molar refractivity (Wildman–Crippen MR) is 95.8 cm³/mol. The van der Waals surface area contributed by atoms with Gasteiger partial charge >= 0.3 is 0 Å². The van der Waals surface area contributed by atoms with Crippen molar-refractivity contribution in [2.24, 2.45) is 0 Å². The van der Waals surface area contributed by atoms with Crippen LogP contribution in [0.3, 0.4) is 0 Å². The van der Waals surface area contributed by atoms with Crippen molar-refractivity contribution >= 4 is 34.7 Å². The third-order valence-corrected chi connectivity index (χ3v) is 5.03. The van der Waals surface area contributed by atoms with E-state index >= 15 is 0 Å². The summed E-state index contributed by atoms with van der Waals surface area (Å²) in [5.74, 6) is -1.89. The van der Waals surface area contributed by atoms with Gasteiger partial charge in [-0.25, -0.2) is 0 Å². The fourth-order valence-electron chi connectivity index (χ4n) is 3.37. The van der Waals surface area contributed by atoms with Gasteiger partial charge in [0, 0.05) is 33.4 Å². The zero-order valence-corrected chi connectivity index (χ0v) is 14.4. The van der Waals surface area contributed by atoms with Crippen molar-refractivity contribution in [1.82, 2.24) is 0 Å². The van der Waals surface area contributed by atoms with Crippen LogP contribution >= 0.6 is 11.6 Å². The van der Waals surface area contributed by atoms with E-state index in [0.717, 1.165) is 0 Å². The highest BCUT2D eigenvalue weighted by Gasteiger charge is 2.39. The van der Waals surface area contributed by atoms with Crippen LogP contribution in [-0.4, -0.2) is 23.1 Å². The van der Waals surface area contributed by atoms with E-state index in [9.17, 15) is 19.2 Å². The number of Topliss-reactive ketones (excluding diaryl/α,β-unsaturated/α-hetero) is 4. The molecule has 0 spiro atoms. The molecule has 2 aromatic rings. The molecule has 4 nitrogen and oxygen atoms in total. The Morgan fingerprint density at radius 2 is 0.962 bits per heavy atom. The van der Waals surface area contributed by atoms with Crippen LogP contribution in [-0.2, 0) is 0 Å². The Hall–Kier alpha value is -3.11. The van der Waals surface area contributed by atoms with Gasteiger partial charge in [-0.3, -0.25) is 19.2 Å². The Balaban J connectivity index is 1.99. The van der Waals surface area contributed by atoms with E-state index in [4.69, 9.17) is 11.6 Å². The smallest absolute Gasteiger partial charge is 0.205 e. The molecule has 0 atom stereocenters. The van der Waals surface area contributed by atoms with Gasteiger partial charge in [-0.1, -0.05) is 60.1 Å². The molecule has 0 heterocycles. The summed E-state index contributed by atoms with van der Waals surface area (Å²) in [5.41, 5.74) is 0.685. The van der Waals surface area contributed by atoms with Crippen molar-refractivity contribution in [2.45, 2.75) is 6.92 Å². The van der Waals surface area contributed by atoms with Crippen LogP contribution < -0.4 is 0 Å². The fourth-order valence-corrected chi connectivity index (χ4v) is 3.65. The number of hydrogen-bond acceptors (Lipinski definition) is 4. The standard InChI is InChI=1S/C21H11ClO4/c1-10-15(19(24)12-7-3-2-6-11(12)18(10)23)16-17(22)21(26)14-9-5-4-8-13(14)20(16)25/h2-9H,1H3. The molecule has 2 aliphatic rings. The Kier molecular flexibility index (Phi) is 3.60. The average Bonchev–Trinajstić information content (AvgIpc) is 2.67. The van der Waals surface area contributed by atoms with Crippen molar-refractivity contribution in [1.29, 1.82) is 0 Å². The molecular weight excluding hydrogens is 352 g/mol. The normalized spacial score (nSPS) is 16.8. The number of carbonyl (C=O) groups excluding carboxylic acids is 4. The molecule has 0 amide bonds. The molecule has 0 radical (unpaired) electrons. The van der Waals surface area contributed by atoms with E-state index in [-0.39, 0.29) is 49.8 Å². The van der Waals surface area contributed by atoms with Crippen LogP contribution in [0.25, 0.3) is 0 Å². The summed E-state index contributed by atoms with van der Waals surface area (Å²) in [5, 5.41) is -0.330. The molecule has 0 N–H and O–H groups in total. The minimum atomic E-state index is -0.531. The van der Waals surface area contributed by atoms with Crippen molar-refractivity contribution in [3.05, 3.63) is 92.5 Å². The lowest BCUT2D eigenvalue weighted by Gasteiger charge is -2.24. The quantitative estimate of drug-likeness (QED) is 0.770. The van der Waals surface area contributed by atoms with Crippen molar-refractivity contribution in [2.75, 3.05) is 0 Å². The van der Waals surface area contributed by atoms with Crippen LogP contribution in [0.4, 0.5) is 0 Å². The lowest BCUT2D eigenvalue weighted by atomic mass is 9.77. The van der Waals surface area contributed by atoms with Gasteiger partial charge in [0.2, 0.25) is 5.78 Å². The second-order valence-electron chi connectivity index (χ2n) is 6.10. The SMILES string of the molecule is CC1=C(C2=C(Cl)C(=O)c3ccccc3C2=O)C(=O)c2ccccc2C1=O. The van der Waals surface area contributed by atoms with E-state index in [0.29, 0.717) is 0 Å². The molecular formula is C21H11ClO4. The van der Waals surface area contributed by atoms with Crippen molar-refractivity contribution in [3.8, 4) is 0 Å². The van der Waals surface area contributed by atoms with Crippen LogP contribution in [0, 0.1) is 0 Å². The maximum absolute atomic E-state index is 13.0. The average molecular weight is 363 g/mol. The maximum Gasteiger partial charge on any atom is 0.205 e. The predicted octanol–water partition coefficient (Wildman–Crippen LogP) is 3.95. The first-order valence-corrected chi connectivity index (χ1v) is 8.29. The third kappa shape index (κ3) is 2.09. The Morgan fingerprint density at radius 1 is 0.577 bits per heavy atom. The van der Waals surface area contributed by atoms with Gasteiger partial charge in [0.25, 0.3) is 0 Å². The molecule has 0 aromatic heterocycles. The summed E-state index contributed by atoms with van der Waals surface area (Å²) < 4.78 is 0. The summed E-state index contributed by atoms with van der Waals surface area (Å²) in [6, 6.07) is 12.7. The maximum atomic E-state index is 13.0. The zero-order valence-electron chi connectivity index (χ0n) is 13.6. The van der Waals surface area contributed by atoms with E-state index in [2.05, 4.69) is 0 Å². The number of carbonyl (C=O) groups is 4. The van der Waals surface area contributed by atoms with Gasteiger partial charge in [-0.15, -0.1) is 0 Å². The number of rotatable bonds is 1. The largest absolute Gasteiger partial charge is 0.289 e. The minimum Gasteiger partial charge on any atom is -0.289 e. The molecule has 0 aliphatic heterocycles. The number of allylic oxidation sites excluding steroid dienone is 4. The summed E-state index contributed by atoms with van der Waals surface area (Å²) in [6.07, 6.45) is 0. The summed E-state index contributed by atoms with van der Waals surface area (Å²) in [7, 11) is 0. The first kappa shape index (κ1) is 16.4. The van der Waals surface area contributed by atoms with Crippen LogP contribution in [0.5, 0.6) is 0 Å². The first-order valence-electron chi connectivity index (χ1n) is 7.91. The van der Waals surface area contributed by atoms with E-state index in [1.54, 1.807) is 30.3 Å². The lowest BCUT2D eigenvalue weighted by molar-refractivity contribution is 0.0955. The molecule has 2 aromatic carbocycles. The molecule has 0 unspecified atom stereocenters. The van der Waals surface area contributed by atoms with E-state index in [1.807, 2.05) is 0 Å².